The van der Waals surface area contributed by atoms with Crippen LogP contribution in [0.4, 0.5) is 0 Å². The zero-order valence-electron chi connectivity index (χ0n) is 12.3. The Hall–Kier alpha value is -2.55. The molecule has 22 heavy (non-hydrogen) atoms. The Morgan fingerprint density at radius 2 is 1.91 bits per heavy atom. The highest BCUT2D eigenvalue weighted by molar-refractivity contribution is 6.02. The molecule has 0 spiro atoms. The summed E-state index contributed by atoms with van der Waals surface area (Å²) >= 11 is 0. The molecule has 0 aliphatic carbocycles. The lowest BCUT2D eigenvalue weighted by Crippen LogP contribution is -2.15. The van der Waals surface area contributed by atoms with Crippen LogP contribution < -0.4 is 4.74 Å². The van der Waals surface area contributed by atoms with Gasteiger partial charge in [-0.05, 0) is 30.2 Å². The fourth-order valence-corrected chi connectivity index (χ4v) is 3.12. The second-order valence-electron chi connectivity index (χ2n) is 5.67. The van der Waals surface area contributed by atoms with Gasteiger partial charge < -0.3 is 9.30 Å². The van der Waals surface area contributed by atoms with Gasteiger partial charge in [-0.25, -0.2) is 0 Å². The van der Waals surface area contributed by atoms with Gasteiger partial charge in [0.2, 0.25) is 0 Å². The first-order chi connectivity index (χ1) is 10.8. The molecule has 0 saturated carbocycles. The van der Waals surface area contributed by atoms with E-state index in [4.69, 9.17) is 4.74 Å². The molecule has 4 rings (SSSR count). The molecule has 110 valence electrons. The molecular weight excluding hydrogens is 274 g/mol. The summed E-state index contributed by atoms with van der Waals surface area (Å²) in [6.07, 6.45) is 1.57. The SMILES string of the molecule is O=C1CCCn2c1cc1c(OCc3ccccc3)cccc12. The molecule has 0 N–H and O–H groups in total. The van der Waals surface area contributed by atoms with Crippen LogP contribution in [0.2, 0.25) is 0 Å². The largest absolute Gasteiger partial charge is 0.488 e. The van der Waals surface area contributed by atoms with Crippen LogP contribution in [0, 0.1) is 0 Å². The summed E-state index contributed by atoms with van der Waals surface area (Å²) in [5, 5.41) is 1.03. The summed E-state index contributed by atoms with van der Waals surface area (Å²) in [7, 11) is 0. The summed E-state index contributed by atoms with van der Waals surface area (Å²) in [5.74, 6) is 1.08. The highest BCUT2D eigenvalue weighted by Crippen LogP contribution is 2.32. The van der Waals surface area contributed by atoms with Crippen LogP contribution in [-0.4, -0.2) is 10.4 Å². The second kappa shape index (κ2) is 5.34. The molecule has 3 heteroatoms. The standard InChI is InChI=1S/C19H17NO2/c21-18-9-5-11-20-16-8-4-10-19(15(16)12-17(18)20)22-13-14-6-2-1-3-7-14/h1-4,6-8,10,12H,5,9,11,13H2. The Morgan fingerprint density at radius 1 is 1.05 bits per heavy atom. The smallest absolute Gasteiger partial charge is 0.179 e. The van der Waals surface area contributed by atoms with Crippen molar-refractivity contribution in [1.82, 2.24) is 4.57 Å². The fourth-order valence-electron chi connectivity index (χ4n) is 3.12. The number of carbonyl (C=O) groups is 1. The van der Waals surface area contributed by atoms with E-state index < -0.39 is 0 Å². The first kappa shape index (κ1) is 13.1. The number of rotatable bonds is 3. The molecule has 0 fully saturated rings. The monoisotopic (exact) mass is 291 g/mol. The van der Waals surface area contributed by atoms with Gasteiger partial charge in [0, 0.05) is 18.4 Å². The van der Waals surface area contributed by atoms with Crippen LogP contribution in [0.5, 0.6) is 5.75 Å². The number of aryl methyl sites for hydroxylation is 1. The van der Waals surface area contributed by atoms with Crippen LogP contribution in [-0.2, 0) is 13.2 Å². The van der Waals surface area contributed by atoms with Crippen LogP contribution in [0.3, 0.4) is 0 Å². The highest BCUT2D eigenvalue weighted by Gasteiger charge is 2.21. The number of ether oxygens (including phenoxy) is 1. The fraction of sp³-hybridized carbons (Fsp3) is 0.211. The van der Waals surface area contributed by atoms with Gasteiger partial charge in [-0.1, -0.05) is 36.4 Å². The predicted octanol–water partition coefficient (Wildman–Crippen LogP) is 4.20. The Bertz CT molecular complexity index is 833. The summed E-state index contributed by atoms with van der Waals surface area (Å²) in [6, 6.07) is 18.1. The van der Waals surface area contributed by atoms with Crippen molar-refractivity contribution in [2.45, 2.75) is 26.0 Å². The molecule has 1 aromatic heterocycles. The Balaban J connectivity index is 1.71. The number of Topliss-reactive ketones (excluding diaryl/α,β-unsaturated/α-hetero) is 1. The number of hydrogen-bond donors (Lipinski definition) is 0. The maximum atomic E-state index is 12.1. The molecule has 0 unspecified atom stereocenters. The zero-order valence-corrected chi connectivity index (χ0v) is 12.3. The second-order valence-corrected chi connectivity index (χ2v) is 5.67. The Kier molecular flexibility index (Phi) is 3.19. The summed E-state index contributed by atoms with van der Waals surface area (Å²) in [5.41, 5.74) is 3.05. The predicted molar refractivity (Wildman–Crippen MR) is 86.3 cm³/mol. The van der Waals surface area contributed by atoms with E-state index in [0.717, 1.165) is 40.9 Å². The molecule has 1 aliphatic heterocycles. The Labute approximate surface area is 129 Å². The van der Waals surface area contributed by atoms with Crippen molar-refractivity contribution in [3.8, 4) is 5.75 Å². The number of aromatic nitrogens is 1. The third-order valence-corrected chi connectivity index (χ3v) is 4.21. The van der Waals surface area contributed by atoms with Crippen LogP contribution >= 0.6 is 0 Å². The molecule has 3 aromatic rings. The lowest BCUT2D eigenvalue weighted by Gasteiger charge is -2.14. The molecule has 0 bridgehead atoms. The van der Waals surface area contributed by atoms with E-state index in [9.17, 15) is 4.79 Å². The van der Waals surface area contributed by atoms with Crippen molar-refractivity contribution in [2.75, 3.05) is 0 Å². The minimum atomic E-state index is 0.233. The third kappa shape index (κ3) is 2.19. The maximum absolute atomic E-state index is 12.1. The first-order valence-electron chi connectivity index (χ1n) is 7.65. The van der Waals surface area contributed by atoms with Crippen molar-refractivity contribution in [3.63, 3.8) is 0 Å². The minimum Gasteiger partial charge on any atom is -0.488 e. The lowest BCUT2D eigenvalue weighted by molar-refractivity contribution is 0.0956. The zero-order chi connectivity index (χ0) is 14.9. The van der Waals surface area contributed by atoms with Gasteiger partial charge in [-0.15, -0.1) is 0 Å². The number of hydrogen-bond acceptors (Lipinski definition) is 2. The third-order valence-electron chi connectivity index (χ3n) is 4.21. The van der Waals surface area contributed by atoms with E-state index in [1.807, 2.05) is 36.4 Å². The highest BCUT2D eigenvalue weighted by atomic mass is 16.5. The van der Waals surface area contributed by atoms with Gasteiger partial charge in [0.15, 0.2) is 5.78 Å². The van der Waals surface area contributed by atoms with Gasteiger partial charge in [0.25, 0.3) is 0 Å². The lowest BCUT2D eigenvalue weighted by atomic mass is 10.1. The van der Waals surface area contributed by atoms with E-state index in [1.165, 1.54) is 0 Å². The van der Waals surface area contributed by atoms with E-state index in [2.05, 4.69) is 22.8 Å². The number of fused-ring (bicyclic) bond motifs is 3. The van der Waals surface area contributed by atoms with Crippen molar-refractivity contribution < 1.29 is 9.53 Å². The van der Waals surface area contributed by atoms with Crippen molar-refractivity contribution in [3.05, 3.63) is 65.9 Å². The van der Waals surface area contributed by atoms with Crippen LogP contribution in [0.25, 0.3) is 10.9 Å². The minimum absolute atomic E-state index is 0.233. The molecule has 2 aromatic carbocycles. The summed E-state index contributed by atoms with van der Waals surface area (Å²) < 4.78 is 8.12. The molecule has 0 radical (unpaired) electrons. The molecule has 0 atom stereocenters. The molecule has 0 saturated heterocycles. The number of ketones is 1. The number of nitrogens with zero attached hydrogens (tertiary/aromatic N) is 1. The molecule has 0 amide bonds. The molecular formula is C19H17NO2. The average molecular weight is 291 g/mol. The molecule has 3 nitrogen and oxygen atoms in total. The Morgan fingerprint density at radius 3 is 2.77 bits per heavy atom. The average Bonchev–Trinajstić information content (AvgIpc) is 2.95. The van der Waals surface area contributed by atoms with Crippen LogP contribution in [0.15, 0.2) is 54.6 Å². The van der Waals surface area contributed by atoms with Gasteiger partial charge >= 0.3 is 0 Å². The van der Waals surface area contributed by atoms with Crippen molar-refractivity contribution in [2.24, 2.45) is 0 Å². The van der Waals surface area contributed by atoms with Gasteiger partial charge in [-0.2, -0.15) is 0 Å². The maximum Gasteiger partial charge on any atom is 0.179 e. The van der Waals surface area contributed by atoms with Crippen molar-refractivity contribution in [1.29, 1.82) is 0 Å². The van der Waals surface area contributed by atoms with E-state index in [0.29, 0.717) is 13.0 Å². The first-order valence-corrected chi connectivity index (χ1v) is 7.65. The number of carbonyl (C=O) groups excluding carboxylic acids is 1. The summed E-state index contributed by atoms with van der Waals surface area (Å²) in [6.45, 7) is 1.45. The summed E-state index contributed by atoms with van der Waals surface area (Å²) in [4.78, 5) is 12.1. The number of benzene rings is 2. The van der Waals surface area contributed by atoms with Gasteiger partial charge in [-0.3, -0.25) is 4.79 Å². The van der Waals surface area contributed by atoms with Gasteiger partial charge in [0.05, 0.1) is 11.2 Å². The quantitative estimate of drug-likeness (QED) is 0.724. The topological polar surface area (TPSA) is 31.2 Å². The van der Waals surface area contributed by atoms with E-state index in [1.54, 1.807) is 0 Å². The van der Waals surface area contributed by atoms with Crippen molar-refractivity contribution >= 4 is 16.7 Å². The van der Waals surface area contributed by atoms with E-state index >= 15 is 0 Å². The normalized spacial score (nSPS) is 14.1. The van der Waals surface area contributed by atoms with Gasteiger partial charge in [0.1, 0.15) is 12.4 Å². The van der Waals surface area contributed by atoms with Crippen LogP contribution in [0.1, 0.15) is 28.9 Å². The van der Waals surface area contributed by atoms with E-state index in [-0.39, 0.29) is 5.78 Å². The molecule has 1 aliphatic rings. The molecule has 2 heterocycles.